The summed E-state index contributed by atoms with van der Waals surface area (Å²) in [5.41, 5.74) is 4.24. The van der Waals surface area contributed by atoms with Crippen molar-refractivity contribution in [3.8, 4) is 0 Å². The minimum absolute atomic E-state index is 0.0118. The molecule has 0 fully saturated rings. The Hall–Kier alpha value is -2.21. The summed E-state index contributed by atoms with van der Waals surface area (Å²) in [6, 6.07) is 5.89. The second-order valence-corrected chi connectivity index (χ2v) is 9.96. The van der Waals surface area contributed by atoms with Gasteiger partial charge in [-0.3, -0.25) is 0 Å². The van der Waals surface area contributed by atoms with Crippen LogP contribution in [0.4, 0.5) is 0 Å². The number of rotatable bonds is 5. The van der Waals surface area contributed by atoms with E-state index in [0.29, 0.717) is 11.4 Å². The maximum atomic E-state index is 12.4. The molecular formula is C23H33N3O2S. The van der Waals surface area contributed by atoms with Crippen molar-refractivity contribution >= 4 is 23.2 Å². The first kappa shape index (κ1) is 23.1. The average molecular weight is 416 g/mol. The standard InChI is InChI=1S/C23H33N3O2S/c1-22(2,3)16-9-15(10-17(11-16)23(4,5)6)20(29)25-19(21(27)28-8)12-18-13-24-14-26(18)7/h9-11,13-14,19H,12H2,1-8H3,(H,25,29)/t19-/m0/s1. The van der Waals surface area contributed by atoms with Gasteiger partial charge in [0.25, 0.3) is 0 Å². The first-order valence-electron chi connectivity index (χ1n) is 9.83. The summed E-state index contributed by atoms with van der Waals surface area (Å²) in [5.74, 6) is -0.350. The number of benzene rings is 1. The van der Waals surface area contributed by atoms with E-state index in [4.69, 9.17) is 17.0 Å². The highest BCUT2D eigenvalue weighted by Gasteiger charge is 2.25. The molecule has 158 valence electrons. The van der Waals surface area contributed by atoms with Crippen LogP contribution in [0.2, 0.25) is 0 Å². The number of imidazole rings is 1. The summed E-state index contributed by atoms with van der Waals surface area (Å²) in [5, 5.41) is 3.22. The Labute approximate surface area is 179 Å². The van der Waals surface area contributed by atoms with Gasteiger partial charge in [0.05, 0.1) is 13.4 Å². The molecule has 0 saturated heterocycles. The Bertz CT molecular complexity index is 856. The molecule has 1 atom stereocenters. The predicted octanol–water partition coefficient (Wildman–Crippen LogP) is 4.06. The molecule has 1 heterocycles. The number of carbonyl (C=O) groups excluding carboxylic acids is 1. The summed E-state index contributed by atoms with van der Waals surface area (Å²) in [7, 11) is 3.29. The molecule has 0 saturated carbocycles. The van der Waals surface area contributed by atoms with Crippen LogP contribution in [0.15, 0.2) is 30.7 Å². The zero-order chi connectivity index (χ0) is 22.0. The van der Waals surface area contributed by atoms with E-state index in [0.717, 1.165) is 11.3 Å². The summed E-state index contributed by atoms with van der Waals surface area (Å²) in [6.45, 7) is 13.1. The number of aryl methyl sites for hydroxylation is 1. The van der Waals surface area contributed by atoms with Crippen LogP contribution in [-0.2, 0) is 33.8 Å². The van der Waals surface area contributed by atoms with Crippen LogP contribution in [0.1, 0.15) is 63.9 Å². The van der Waals surface area contributed by atoms with E-state index in [9.17, 15) is 4.79 Å². The van der Waals surface area contributed by atoms with Crippen molar-refractivity contribution < 1.29 is 9.53 Å². The second-order valence-electron chi connectivity index (χ2n) is 9.55. The highest BCUT2D eigenvalue weighted by molar-refractivity contribution is 7.80. The minimum atomic E-state index is -0.584. The molecule has 0 aliphatic heterocycles. The lowest BCUT2D eigenvalue weighted by Gasteiger charge is -2.27. The number of hydrogen-bond donors (Lipinski definition) is 1. The number of carbonyl (C=O) groups is 1. The molecule has 2 aromatic rings. The maximum Gasteiger partial charge on any atom is 0.328 e. The van der Waals surface area contributed by atoms with Crippen LogP contribution in [0.25, 0.3) is 0 Å². The van der Waals surface area contributed by atoms with E-state index in [1.165, 1.54) is 18.2 Å². The van der Waals surface area contributed by atoms with Crippen LogP contribution in [0, 0.1) is 0 Å². The number of nitrogens with one attached hydrogen (secondary N) is 1. The van der Waals surface area contributed by atoms with E-state index in [2.05, 4.69) is 70.0 Å². The zero-order valence-electron chi connectivity index (χ0n) is 18.8. The van der Waals surface area contributed by atoms with E-state index < -0.39 is 6.04 Å². The Morgan fingerprint density at radius 3 is 2.10 bits per heavy atom. The number of hydrogen-bond acceptors (Lipinski definition) is 4. The van der Waals surface area contributed by atoms with Crippen molar-refractivity contribution in [2.24, 2.45) is 7.05 Å². The van der Waals surface area contributed by atoms with E-state index in [1.807, 2.05) is 11.6 Å². The van der Waals surface area contributed by atoms with Gasteiger partial charge in [-0.15, -0.1) is 0 Å². The Morgan fingerprint density at radius 1 is 1.14 bits per heavy atom. The minimum Gasteiger partial charge on any atom is -0.467 e. The first-order valence-corrected chi connectivity index (χ1v) is 10.2. The summed E-state index contributed by atoms with van der Waals surface area (Å²) in [4.78, 5) is 17.1. The molecule has 0 unspecified atom stereocenters. The van der Waals surface area contributed by atoms with Crippen molar-refractivity contribution in [3.05, 3.63) is 53.1 Å². The molecule has 0 bridgehead atoms. The molecule has 0 aliphatic rings. The van der Waals surface area contributed by atoms with Gasteiger partial charge in [0.15, 0.2) is 0 Å². The van der Waals surface area contributed by atoms with Crippen molar-refractivity contribution in [1.82, 2.24) is 14.9 Å². The van der Waals surface area contributed by atoms with E-state index in [-0.39, 0.29) is 16.8 Å². The molecule has 1 N–H and O–H groups in total. The van der Waals surface area contributed by atoms with Crippen LogP contribution < -0.4 is 5.32 Å². The molecule has 1 aromatic heterocycles. The number of nitrogens with zero attached hydrogens (tertiary/aromatic N) is 2. The monoisotopic (exact) mass is 415 g/mol. The van der Waals surface area contributed by atoms with Crippen molar-refractivity contribution in [2.75, 3.05) is 7.11 Å². The number of esters is 1. The van der Waals surface area contributed by atoms with E-state index in [1.54, 1.807) is 12.5 Å². The lowest BCUT2D eigenvalue weighted by atomic mass is 9.79. The number of ether oxygens (including phenoxy) is 1. The molecule has 29 heavy (non-hydrogen) atoms. The molecule has 0 radical (unpaired) electrons. The fourth-order valence-electron chi connectivity index (χ4n) is 2.99. The molecule has 2 rings (SSSR count). The van der Waals surface area contributed by atoms with Gasteiger partial charge in [0, 0.05) is 30.9 Å². The second kappa shape index (κ2) is 8.66. The van der Waals surface area contributed by atoms with Crippen molar-refractivity contribution in [2.45, 2.75) is 64.8 Å². The van der Waals surface area contributed by atoms with Gasteiger partial charge in [-0.05, 0) is 34.1 Å². The maximum absolute atomic E-state index is 12.4. The predicted molar refractivity (Wildman–Crippen MR) is 121 cm³/mol. The first-order chi connectivity index (χ1) is 13.3. The average Bonchev–Trinajstić information content (AvgIpc) is 3.03. The van der Waals surface area contributed by atoms with Crippen LogP contribution in [-0.4, -0.2) is 33.7 Å². The van der Waals surface area contributed by atoms with Crippen molar-refractivity contribution in [1.29, 1.82) is 0 Å². The van der Waals surface area contributed by atoms with Gasteiger partial charge in [0.2, 0.25) is 0 Å². The topological polar surface area (TPSA) is 56.1 Å². The highest BCUT2D eigenvalue weighted by Crippen LogP contribution is 2.30. The normalized spacial score (nSPS) is 13.1. The summed E-state index contributed by atoms with van der Waals surface area (Å²) >= 11 is 5.72. The van der Waals surface area contributed by atoms with Crippen LogP contribution in [0.3, 0.4) is 0 Å². The van der Waals surface area contributed by atoms with Gasteiger partial charge in [0.1, 0.15) is 11.0 Å². The third kappa shape index (κ3) is 5.89. The highest BCUT2D eigenvalue weighted by atomic mass is 32.1. The van der Waals surface area contributed by atoms with Gasteiger partial charge in [-0.2, -0.15) is 0 Å². The smallest absolute Gasteiger partial charge is 0.328 e. The molecule has 0 amide bonds. The largest absolute Gasteiger partial charge is 0.467 e. The quantitative estimate of drug-likeness (QED) is 0.589. The molecule has 5 nitrogen and oxygen atoms in total. The molecule has 0 aliphatic carbocycles. The Balaban J connectivity index is 2.38. The zero-order valence-corrected chi connectivity index (χ0v) is 19.6. The van der Waals surface area contributed by atoms with Gasteiger partial charge in [-0.25, -0.2) is 9.78 Å². The van der Waals surface area contributed by atoms with Gasteiger partial charge in [-0.1, -0.05) is 59.8 Å². The molecular weight excluding hydrogens is 382 g/mol. The number of methoxy groups -OCH3 is 1. The Kier molecular flexibility index (Phi) is 6.89. The van der Waals surface area contributed by atoms with Crippen LogP contribution >= 0.6 is 12.2 Å². The summed E-state index contributed by atoms with van der Waals surface area (Å²) in [6.07, 6.45) is 3.90. The third-order valence-electron chi connectivity index (χ3n) is 5.05. The SMILES string of the molecule is COC(=O)[C@H](Cc1cncn1C)NC(=S)c1cc(C(C)(C)C)cc(C(C)(C)C)c1. The lowest BCUT2D eigenvalue weighted by molar-refractivity contribution is -0.142. The fraction of sp³-hybridized carbons (Fsp3) is 0.522. The lowest BCUT2D eigenvalue weighted by Crippen LogP contribution is -2.43. The molecule has 1 aromatic carbocycles. The number of aromatic nitrogens is 2. The number of thiocarbonyl (C=S) groups is 1. The van der Waals surface area contributed by atoms with Gasteiger partial charge < -0.3 is 14.6 Å². The molecule has 6 heteroatoms. The third-order valence-corrected chi connectivity index (χ3v) is 5.40. The molecule has 0 spiro atoms. The van der Waals surface area contributed by atoms with Gasteiger partial charge >= 0.3 is 5.97 Å². The fourth-order valence-corrected chi connectivity index (χ4v) is 3.25. The van der Waals surface area contributed by atoms with Crippen molar-refractivity contribution in [3.63, 3.8) is 0 Å². The van der Waals surface area contributed by atoms with Crippen LogP contribution in [0.5, 0.6) is 0 Å². The Morgan fingerprint density at radius 2 is 1.69 bits per heavy atom. The van der Waals surface area contributed by atoms with E-state index >= 15 is 0 Å². The summed E-state index contributed by atoms with van der Waals surface area (Å²) < 4.78 is 6.89.